The molecule has 0 saturated carbocycles. The number of anilines is 2. The highest BCUT2D eigenvalue weighted by Crippen LogP contribution is 2.21. The normalized spacial score (nSPS) is 10.8. The van der Waals surface area contributed by atoms with Crippen molar-refractivity contribution in [3.8, 4) is 5.75 Å². The zero-order valence-electron chi connectivity index (χ0n) is 14.5. The first-order chi connectivity index (χ1) is 12.3. The van der Waals surface area contributed by atoms with Gasteiger partial charge in [0, 0.05) is 17.6 Å². The molecule has 130 valence electrons. The number of nitrogen functional groups attached to an aromatic ring is 1. The summed E-state index contributed by atoms with van der Waals surface area (Å²) in [7, 11) is 0. The van der Waals surface area contributed by atoms with Crippen LogP contribution in [0.3, 0.4) is 0 Å². The van der Waals surface area contributed by atoms with Crippen molar-refractivity contribution in [1.82, 2.24) is 9.97 Å². The van der Waals surface area contributed by atoms with Crippen molar-refractivity contribution >= 4 is 22.4 Å². The second-order valence-electron chi connectivity index (χ2n) is 6.02. The Morgan fingerprint density at radius 1 is 1.08 bits per heavy atom. The second kappa shape index (κ2) is 8.33. The molecular weight excluding hydrogens is 312 g/mol. The Hall–Kier alpha value is -2.82. The molecule has 2 aromatic carbocycles. The predicted octanol–water partition coefficient (Wildman–Crippen LogP) is 4.05. The Kier molecular flexibility index (Phi) is 5.67. The summed E-state index contributed by atoms with van der Waals surface area (Å²) in [5, 5.41) is 4.33. The summed E-state index contributed by atoms with van der Waals surface area (Å²) in [6.07, 6.45) is 4.71. The number of ether oxygens (including phenoxy) is 1. The van der Waals surface area contributed by atoms with Crippen molar-refractivity contribution in [3.05, 3.63) is 54.4 Å². The Labute approximate surface area is 148 Å². The van der Waals surface area contributed by atoms with E-state index in [4.69, 9.17) is 10.5 Å². The van der Waals surface area contributed by atoms with Crippen molar-refractivity contribution in [2.24, 2.45) is 0 Å². The van der Waals surface area contributed by atoms with E-state index in [9.17, 15) is 0 Å². The number of unbranched alkanes of at least 4 members (excludes halogenated alkanes) is 1. The number of nitrogens with one attached hydrogen (secondary N) is 1. The minimum atomic E-state index is 0.712. The minimum Gasteiger partial charge on any atom is -0.494 e. The molecular formula is C20H24N4O. The third kappa shape index (κ3) is 4.59. The van der Waals surface area contributed by atoms with Gasteiger partial charge in [0.25, 0.3) is 0 Å². The van der Waals surface area contributed by atoms with Crippen LogP contribution in [0.2, 0.25) is 0 Å². The lowest BCUT2D eigenvalue weighted by Gasteiger charge is -2.09. The molecule has 0 amide bonds. The zero-order valence-corrected chi connectivity index (χ0v) is 14.5. The maximum Gasteiger partial charge on any atom is 0.137 e. The lowest BCUT2D eigenvalue weighted by atomic mass is 10.1. The molecule has 1 heterocycles. The van der Waals surface area contributed by atoms with Gasteiger partial charge in [-0.1, -0.05) is 25.5 Å². The predicted molar refractivity (Wildman–Crippen MR) is 103 cm³/mol. The summed E-state index contributed by atoms with van der Waals surface area (Å²) in [6.45, 7) is 3.73. The lowest BCUT2D eigenvalue weighted by Crippen LogP contribution is -2.07. The van der Waals surface area contributed by atoms with Crippen LogP contribution < -0.4 is 15.8 Å². The molecule has 0 bridgehead atoms. The van der Waals surface area contributed by atoms with E-state index in [1.165, 1.54) is 5.56 Å². The van der Waals surface area contributed by atoms with Crippen molar-refractivity contribution in [3.63, 3.8) is 0 Å². The van der Waals surface area contributed by atoms with Gasteiger partial charge in [0.1, 0.15) is 17.9 Å². The van der Waals surface area contributed by atoms with E-state index in [2.05, 4.69) is 34.3 Å². The largest absolute Gasteiger partial charge is 0.494 e. The fourth-order valence-corrected chi connectivity index (χ4v) is 2.63. The first-order valence-electron chi connectivity index (χ1n) is 8.72. The quantitative estimate of drug-likeness (QED) is 0.480. The highest BCUT2D eigenvalue weighted by atomic mass is 16.5. The standard InChI is InChI=1S/C20H24N4O/c1-2-3-12-25-17-7-4-15(5-8-17)10-11-22-20-18-13-16(21)6-9-19(18)23-14-24-20/h4-9,13-14H,2-3,10-12,21H2,1H3,(H,22,23,24). The Balaban J connectivity index is 1.57. The van der Waals surface area contributed by atoms with Gasteiger partial charge in [-0.05, 0) is 48.7 Å². The van der Waals surface area contributed by atoms with Crippen LogP contribution in [0.15, 0.2) is 48.8 Å². The summed E-state index contributed by atoms with van der Waals surface area (Å²) in [5.74, 6) is 1.75. The van der Waals surface area contributed by atoms with E-state index >= 15 is 0 Å². The SMILES string of the molecule is CCCCOc1ccc(CCNc2ncnc3ccc(N)cc23)cc1. The van der Waals surface area contributed by atoms with Gasteiger partial charge >= 0.3 is 0 Å². The Bertz CT molecular complexity index is 818. The van der Waals surface area contributed by atoms with Gasteiger partial charge in [0.2, 0.25) is 0 Å². The van der Waals surface area contributed by atoms with E-state index < -0.39 is 0 Å². The molecule has 0 aliphatic heterocycles. The molecule has 0 aliphatic rings. The average Bonchev–Trinajstić information content (AvgIpc) is 2.63. The number of hydrogen-bond donors (Lipinski definition) is 2. The van der Waals surface area contributed by atoms with E-state index in [-0.39, 0.29) is 0 Å². The van der Waals surface area contributed by atoms with Gasteiger partial charge in [0.05, 0.1) is 12.1 Å². The van der Waals surface area contributed by atoms with Gasteiger partial charge in [-0.15, -0.1) is 0 Å². The van der Waals surface area contributed by atoms with E-state index in [1.54, 1.807) is 6.33 Å². The van der Waals surface area contributed by atoms with Crippen LogP contribution in [0, 0.1) is 0 Å². The molecule has 1 aromatic heterocycles. The maximum atomic E-state index is 5.87. The Morgan fingerprint density at radius 2 is 1.92 bits per heavy atom. The molecule has 0 atom stereocenters. The van der Waals surface area contributed by atoms with E-state index in [0.717, 1.165) is 54.9 Å². The highest BCUT2D eigenvalue weighted by molar-refractivity contribution is 5.91. The van der Waals surface area contributed by atoms with Crippen LogP contribution in [0.25, 0.3) is 10.9 Å². The number of nitrogens with zero attached hydrogens (tertiary/aromatic N) is 2. The summed E-state index contributed by atoms with van der Waals surface area (Å²) in [5.41, 5.74) is 8.73. The number of fused-ring (bicyclic) bond motifs is 1. The maximum absolute atomic E-state index is 5.87. The van der Waals surface area contributed by atoms with Gasteiger partial charge in [-0.3, -0.25) is 0 Å². The molecule has 5 heteroatoms. The van der Waals surface area contributed by atoms with Crippen LogP contribution in [0.1, 0.15) is 25.3 Å². The van der Waals surface area contributed by atoms with Gasteiger partial charge in [0.15, 0.2) is 0 Å². The van der Waals surface area contributed by atoms with Crippen molar-refractivity contribution in [2.45, 2.75) is 26.2 Å². The first kappa shape index (κ1) is 17.0. The minimum absolute atomic E-state index is 0.712. The van der Waals surface area contributed by atoms with Crippen molar-refractivity contribution < 1.29 is 4.74 Å². The molecule has 0 aliphatic carbocycles. The third-order valence-corrected chi connectivity index (χ3v) is 4.06. The monoisotopic (exact) mass is 336 g/mol. The molecule has 0 fully saturated rings. The molecule has 3 aromatic rings. The van der Waals surface area contributed by atoms with Gasteiger partial charge < -0.3 is 15.8 Å². The fraction of sp³-hybridized carbons (Fsp3) is 0.300. The molecule has 0 saturated heterocycles. The molecule has 3 rings (SSSR count). The topological polar surface area (TPSA) is 73.1 Å². The Morgan fingerprint density at radius 3 is 2.72 bits per heavy atom. The van der Waals surface area contributed by atoms with Crippen LogP contribution >= 0.6 is 0 Å². The van der Waals surface area contributed by atoms with Crippen LogP contribution in [0.5, 0.6) is 5.75 Å². The number of aromatic nitrogens is 2. The summed E-state index contributed by atoms with van der Waals surface area (Å²) in [6, 6.07) is 14.0. The summed E-state index contributed by atoms with van der Waals surface area (Å²) < 4.78 is 5.69. The molecule has 0 spiro atoms. The number of nitrogens with two attached hydrogens (primary N) is 1. The number of rotatable bonds is 8. The first-order valence-corrected chi connectivity index (χ1v) is 8.72. The summed E-state index contributed by atoms with van der Waals surface area (Å²) in [4.78, 5) is 8.61. The third-order valence-electron chi connectivity index (χ3n) is 4.06. The zero-order chi connectivity index (χ0) is 17.5. The average molecular weight is 336 g/mol. The van der Waals surface area contributed by atoms with Gasteiger partial charge in [-0.25, -0.2) is 9.97 Å². The summed E-state index contributed by atoms with van der Waals surface area (Å²) >= 11 is 0. The number of benzene rings is 2. The number of hydrogen-bond acceptors (Lipinski definition) is 5. The van der Waals surface area contributed by atoms with Gasteiger partial charge in [-0.2, -0.15) is 0 Å². The smallest absolute Gasteiger partial charge is 0.137 e. The second-order valence-corrected chi connectivity index (χ2v) is 6.02. The molecule has 0 unspecified atom stereocenters. The van der Waals surface area contributed by atoms with Crippen LogP contribution in [-0.4, -0.2) is 23.1 Å². The molecule has 0 radical (unpaired) electrons. The van der Waals surface area contributed by atoms with E-state index in [0.29, 0.717) is 5.69 Å². The van der Waals surface area contributed by atoms with Crippen molar-refractivity contribution in [2.75, 3.05) is 24.2 Å². The molecule has 25 heavy (non-hydrogen) atoms. The fourth-order valence-electron chi connectivity index (χ4n) is 2.63. The van der Waals surface area contributed by atoms with Crippen LogP contribution in [-0.2, 0) is 6.42 Å². The lowest BCUT2D eigenvalue weighted by molar-refractivity contribution is 0.309. The van der Waals surface area contributed by atoms with Crippen LogP contribution in [0.4, 0.5) is 11.5 Å². The molecule has 3 N–H and O–H groups in total. The van der Waals surface area contributed by atoms with E-state index in [1.807, 2.05) is 30.3 Å². The molecule has 5 nitrogen and oxygen atoms in total. The highest BCUT2D eigenvalue weighted by Gasteiger charge is 2.04. The van der Waals surface area contributed by atoms with Crippen molar-refractivity contribution in [1.29, 1.82) is 0 Å².